The molecule has 4 N–H and O–H groups in total. The van der Waals surface area contributed by atoms with Crippen molar-refractivity contribution >= 4 is 28.7 Å². The van der Waals surface area contributed by atoms with Crippen molar-refractivity contribution < 1.29 is 4.79 Å². The molecule has 0 aliphatic heterocycles. The van der Waals surface area contributed by atoms with Gasteiger partial charge in [0.05, 0.1) is 22.7 Å². The molecular weight excluding hydrogens is 264 g/mol. The normalized spacial score (nSPS) is 10.0. The maximum Gasteiger partial charge on any atom is 0.251 e. The summed E-state index contributed by atoms with van der Waals surface area (Å²) >= 11 is 0. The van der Waals surface area contributed by atoms with Crippen LogP contribution in [-0.4, -0.2) is 27.1 Å². The summed E-state index contributed by atoms with van der Waals surface area (Å²) in [7, 11) is 5.56. The van der Waals surface area contributed by atoms with Gasteiger partial charge in [0.15, 0.2) is 0 Å². The summed E-state index contributed by atoms with van der Waals surface area (Å²) in [5.74, 6) is -0.151. The Morgan fingerprint density at radius 1 is 1.10 bits per heavy atom. The molecule has 0 heterocycles. The zero-order chi connectivity index (χ0) is 15.4. The van der Waals surface area contributed by atoms with Gasteiger partial charge in [-0.25, -0.2) is 0 Å². The number of benzene rings is 2. The lowest BCUT2D eigenvalue weighted by Gasteiger charge is -2.19. The van der Waals surface area contributed by atoms with E-state index in [9.17, 15) is 4.79 Å². The van der Waals surface area contributed by atoms with Crippen LogP contribution in [0.4, 0.5) is 22.7 Å². The Morgan fingerprint density at radius 2 is 1.81 bits per heavy atom. The molecule has 0 unspecified atom stereocenters. The Bertz CT molecular complexity index is 652. The van der Waals surface area contributed by atoms with Gasteiger partial charge in [-0.2, -0.15) is 0 Å². The molecule has 2 aromatic carbocycles. The van der Waals surface area contributed by atoms with Gasteiger partial charge in [-0.15, -0.1) is 0 Å². The van der Waals surface area contributed by atoms with E-state index in [4.69, 9.17) is 5.73 Å². The number of para-hydroxylation sites is 2. The molecule has 0 bridgehead atoms. The molecule has 0 fully saturated rings. The highest BCUT2D eigenvalue weighted by Gasteiger charge is 2.09. The van der Waals surface area contributed by atoms with E-state index in [-0.39, 0.29) is 5.91 Å². The maximum atomic E-state index is 11.6. The second-order valence-electron chi connectivity index (χ2n) is 4.92. The van der Waals surface area contributed by atoms with Gasteiger partial charge < -0.3 is 21.3 Å². The summed E-state index contributed by atoms with van der Waals surface area (Å²) in [6.45, 7) is 0. The van der Waals surface area contributed by atoms with Crippen LogP contribution in [-0.2, 0) is 0 Å². The summed E-state index contributed by atoms with van der Waals surface area (Å²) in [4.78, 5) is 13.6. The molecule has 2 rings (SSSR count). The number of hydrogen-bond acceptors (Lipinski definition) is 4. The number of carbonyl (C=O) groups is 1. The van der Waals surface area contributed by atoms with Crippen molar-refractivity contribution in [2.24, 2.45) is 0 Å². The SMILES string of the molecule is CNC(=O)c1ccc(Nc2ccccc2N(C)C)c(N)c1. The van der Waals surface area contributed by atoms with Gasteiger partial charge in [0.25, 0.3) is 5.91 Å². The maximum absolute atomic E-state index is 11.6. The van der Waals surface area contributed by atoms with Crippen molar-refractivity contribution in [3.8, 4) is 0 Å². The number of amides is 1. The first-order valence-electron chi connectivity index (χ1n) is 6.68. The van der Waals surface area contributed by atoms with Gasteiger partial charge in [-0.1, -0.05) is 12.1 Å². The smallest absolute Gasteiger partial charge is 0.251 e. The lowest BCUT2D eigenvalue weighted by Crippen LogP contribution is -2.18. The summed E-state index contributed by atoms with van der Waals surface area (Å²) in [5, 5.41) is 5.89. The second-order valence-corrected chi connectivity index (χ2v) is 4.92. The average molecular weight is 284 g/mol. The van der Waals surface area contributed by atoms with Crippen LogP contribution < -0.4 is 21.3 Å². The molecular formula is C16H20N4O. The van der Waals surface area contributed by atoms with Crippen LogP contribution in [0.25, 0.3) is 0 Å². The number of rotatable bonds is 4. The number of nitrogen functional groups attached to an aromatic ring is 1. The Kier molecular flexibility index (Phi) is 4.33. The van der Waals surface area contributed by atoms with Crippen LogP contribution in [0.15, 0.2) is 42.5 Å². The number of nitrogens with zero attached hydrogens (tertiary/aromatic N) is 1. The van der Waals surface area contributed by atoms with E-state index in [0.717, 1.165) is 17.1 Å². The van der Waals surface area contributed by atoms with Gasteiger partial charge in [-0.3, -0.25) is 4.79 Å². The lowest BCUT2D eigenvalue weighted by molar-refractivity contribution is 0.0963. The first kappa shape index (κ1) is 14.7. The third-order valence-corrected chi connectivity index (χ3v) is 3.20. The fourth-order valence-corrected chi connectivity index (χ4v) is 2.08. The van der Waals surface area contributed by atoms with Crippen LogP contribution in [0, 0.1) is 0 Å². The number of nitrogens with two attached hydrogens (primary N) is 1. The quantitative estimate of drug-likeness (QED) is 0.754. The van der Waals surface area contributed by atoms with Crippen molar-refractivity contribution in [1.82, 2.24) is 5.32 Å². The van der Waals surface area contributed by atoms with Crippen LogP contribution in [0.5, 0.6) is 0 Å². The predicted octanol–water partition coefficient (Wildman–Crippen LogP) is 2.44. The number of anilines is 4. The van der Waals surface area contributed by atoms with Gasteiger partial charge in [0.1, 0.15) is 0 Å². The number of hydrogen-bond donors (Lipinski definition) is 3. The molecule has 0 aliphatic rings. The molecule has 21 heavy (non-hydrogen) atoms. The molecule has 0 spiro atoms. The first-order valence-corrected chi connectivity index (χ1v) is 6.68. The van der Waals surface area contributed by atoms with E-state index >= 15 is 0 Å². The first-order chi connectivity index (χ1) is 10.0. The molecule has 0 atom stereocenters. The number of nitrogens with one attached hydrogen (secondary N) is 2. The summed E-state index contributed by atoms with van der Waals surface area (Å²) in [6.07, 6.45) is 0. The predicted molar refractivity (Wildman–Crippen MR) is 88.3 cm³/mol. The molecule has 0 aromatic heterocycles. The molecule has 110 valence electrons. The van der Waals surface area contributed by atoms with Crippen molar-refractivity contribution in [2.75, 3.05) is 37.1 Å². The highest BCUT2D eigenvalue weighted by Crippen LogP contribution is 2.30. The summed E-state index contributed by atoms with van der Waals surface area (Å²) in [6, 6.07) is 13.2. The molecule has 5 heteroatoms. The van der Waals surface area contributed by atoms with E-state index < -0.39 is 0 Å². The lowest BCUT2D eigenvalue weighted by atomic mass is 10.1. The minimum Gasteiger partial charge on any atom is -0.397 e. The van der Waals surface area contributed by atoms with Gasteiger partial charge in [-0.05, 0) is 30.3 Å². The molecule has 2 aromatic rings. The van der Waals surface area contributed by atoms with E-state index in [0.29, 0.717) is 11.3 Å². The third-order valence-electron chi connectivity index (χ3n) is 3.20. The minimum atomic E-state index is -0.151. The summed E-state index contributed by atoms with van der Waals surface area (Å²) < 4.78 is 0. The highest BCUT2D eigenvalue weighted by molar-refractivity contribution is 5.96. The number of carbonyl (C=O) groups excluding carboxylic acids is 1. The van der Waals surface area contributed by atoms with Crippen LogP contribution in [0.2, 0.25) is 0 Å². The fraction of sp³-hybridized carbons (Fsp3) is 0.188. The monoisotopic (exact) mass is 284 g/mol. The van der Waals surface area contributed by atoms with Gasteiger partial charge >= 0.3 is 0 Å². The zero-order valence-corrected chi connectivity index (χ0v) is 12.5. The van der Waals surface area contributed by atoms with E-state index in [2.05, 4.69) is 10.6 Å². The zero-order valence-electron chi connectivity index (χ0n) is 12.5. The van der Waals surface area contributed by atoms with Crippen LogP contribution in [0.1, 0.15) is 10.4 Å². The second kappa shape index (κ2) is 6.17. The Labute approximate surface area is 124 Å². The standard InChI is InChI=1S/C16H20N4O/c1-18-16(21)11-8-9-13(12(17)10-11)19-14-6-4-5-7-15(14)20(2)3/h4-10,19H,17H2,1-3H3,(H,18,21). The molecule has 0 aliphatic carbocycles. The van der Waals surface area contributed by atoms with Crippen molar-refractivity contribution in [3.05, 3.63) is 48.0 Å². The van der Waals surface area contributed by atoms with Gasteiger partial charge in [0, 0.05) is 26.7 Å². The highest BCUT2D eigenvalue weighted by atomic mass is 16.1. The van der Waals surface area contributed by atoms with E-state index in [1.165, 1.54) is 0 Å². The molecule has 0 radical (unpaired) electrons. The topological polar surface area (TPSA) is 70.4 Å². The van der Waals surface area contributed by atoms with Crippen molar-refractivity contribution in [1.29, 1.82) is 0 Å². The minimum absolute atomic E-state index is 0.151. The van der Waals surface area contributed by atoms with Crippen LogP contribution >= 0.6 is 0 Å². The molecule has 1 amide bonds. The van der Waals surface area contributed by atoms with E-state index in [1.807, 2.05) is 49.3 Å². The Hall–Kier alpha value is -2.69. The molecule has 0 saturated heterocycles. The summed E-state index contributed by atoms with van der Waals surface area (Å²) in [5.41, 5.74) is 9.90. The Morgan fingerprint density at radius 3 is 2.43 bits per heavy atom. The largest absolute Gasteiger partial charge is 0.397 e. The van der Waals surface area contributed by atoms with E-state index in [1.54, 1.807) is 19.2 Å². The van der Waals surface area contributed by atoms with Crippen molar-refractivity contribution in [3.63, 3.8) is 0 Å². The molecule has 0 saturated carbocycles. The fourth-order valence-electron chi connectivity index (χ4n) is 2.08. The average Bonchev–Trinajstić information content (AvgIpc) is 2.48. The molecule has 5 nitrogen and oxygen atoms in total. The van der Waals surface area contributed by atoms with Gasteiger partial charge in [0.2, 0.25) is 0 Å². The third kappa shape index (κ3) is 3.25. The van der Waals surface area contributed by atoms with Crippen molar-refractivity contribution in [2.45, 2.75) is 0 Å². The van der Waals surface area contributed by atoms with Crippen LogP contribution in [0.3, 0.4) is 0 Å². The Balaban J connectivity index is 2.31.